The Bertz CT molecular complexity index is 763. The highest BCUT2D eigenvalue weighted by Gasteiger charge is 2.47. The van der Waals surface area contributed by atoms with Gasteiger partial charge in [-0.3, -0.25) is 9.59 Å². The van der Waals surface area contributed by atoms with Crippen molar-refractivity contribution in [1.82, 2.24) is 9.80 Å². The van der Waals surface area contributed by atoms with E-state index in [-0.39, 0.29) is 42.2 Å². The third kappa shape index (κ3) is 3.60. The highest BCUT2D eigenvalue weighted by atomic mass is 35.5. The predicted octanol–water partition coefficient (Wildman–Crippen LogP) is 2.82. The van der Waals surface area contributed by atoms with Crippen molar-refractivity contribution < 1.29 is 19.8 Å². The summed E-state index contributed by atoms with van der Waals surface area (Å²) in [7, 11) is 0. The fraction of sp³-hybridized carbons (Fsp3) is 0.619. The number of benzene rings is 1. The second-order valence-corrected chi connectivity index (χ2v) is 8.08. The molecule has 3 fully saturated rings. The lowest BCUT2D eigenvalue weighted by Crippen LogP contribution is -2.65. The molecular weight excluding hydrogens is 380 g/mol. The lowest BCUT2D eigenvalue weighted by atomic mass is 9.81. The summed E-state index contributed by atoms with van der Waals surface area (Å²) < 4.78 is 0. The third-order valence-corrected chi connectivity index (χ3v) is 6.59. The van der Waals surface area contributed by atoms with E-state index in [4.69, 9.17) is 11.6 Å². The topological polar surface area (TPSA) is 81.1 Å². The molecule has 4 rings (SSSR count). The number of halogens is 1. The summed E-state index contributed by atoms with van der Waals surface area (Å²) in [6.45, 7) is 6.48. The van der Waals surface area contributed by atoms with Gasteiger partial charge in [0.2, 0.25) is 11.8 Å². The maximum absolute atomic E-state index is 13.0. The summed E-state index contributed by atoms with van der Waals surface area (Å²) >= 11 is 6.44. The molecule has 1 saturated carbocycles. The summed E-state index contributed by atoms with van der Waals surface area (Å²) in [6.07, 6.45) is 1.85. The van der Waals surface area contributed by atoms with Crippen LogP contribution in [-0.4, -0.2) is 63.1 Å². The second kappa shape index (κ2) is 8.29. The van der Waals surface area contributed by atoms with E-state index in [1.165, 1.54) is 0 Å². The minimum Gasteiger partial charge on any atom is -0.508 e. The molecule has 0 aromatic heterocycles. The summed E-state index contributed by atoms with van der Waals surface area (Å²) in [5.74, 6) is 0.00315. The van der Waals surface area contributed by atoms with E-state index in [9.17, 15) is 19.8 Å². The Labute approximate surface area is 171 Å². The van der Waals surface area contributed by atoms with Crippen LogP contribution in [0.2, 0.25) is 5.02 Å². The Balaban J connectivity index is 0.00000109. The van der Waals surface area contributed by atoms with E-state index in [1.807, 2.05) is 20.8 Å². The number of aryl methyl sites for hydroxylation is 1. The summed E-state index contributed by atoms with van der Waals surface area (Å²) in [5.41, 5.74) is 1.57. The molecule has 6 nitrogen and oxygen atoms in total. The number of fused-ring (bicyclic) bond motifs is 1. The van der Waals surface area contributed by atoms with Gasteiger partial charge < -0.3 is 20.0 Å². The van der Waals surface area contributed by atoms with Gasteiger partial charge in [-0.1, -0.05) is 31.5 Å². The molecule has 2 atom stereocenters. The number of rotatable bonds is 2. The van der Waals surface area contributed by atoms with Crippen molar-refractivity contribution >= 4 is 23.4 Å². The molecule has 2 aliphatic heterocycles. The number of aromatic hydroxyl groups is 1. The Kier molecular flexibility index (Phi) is 6.20. The normalized spacial score (nSPS) is 29.6. The zero-order chi connectivity index (χ0) is 20.6. The first-order valence-electron chi connectivity index (χ1n) is 10.1. The van der Waals surface area contributed by atoms with Crippen molar-refractivity contribution in [3.63, 3.8) is 0 Å². The number of hydrogen-bond acceptors (Lipinski definition) is 4. The smallest absolute Gasteiger partial charge is 0.246 e. The second-order valence-electron chi connectivity index (χ2n) is 7.70. The zero-order valence-corrected chi connectivity index (χ0v) is 17.4. The van der Waals surface area contributed by atoms with E-state index in [0.29, 0.717) is 42.8 Å². The number of piperazine rings is 1. The Morgan fingerprint density at radius 2 is 1.79 bits per heavy atom. The van der Waals surface area contributed by atoms with Crippen molar-refractivity contribution in [3.8, 4) is 5.75 Å². The van der Waals surface area contributed by atoms with E-state index in [2.05, 4.69) is 0 Å². The van der Waals surface area contributed by atoms with Crippen LogP contribution in [0, 0.1) is 6.92 Å². The first kappa shape index (κ1) is 20.9. The van der Waals surface area contributed by atoms with Crippen LogP contribution < -0.4 is 0 Å². The SMILES string of the molecule is CC.Cc1ccc(O)c(C2CCN3C(=O)CN(C4CC(O)C4)C(=O)C3C2)c1Cl. The van der Waals surface area contributed by atoms with Crippen LogP contribution >= 0.6 is 11.6 Å². The highest BCUT2D eigenvalue weighted by molar-refractivity contribution is 6.32. The third-order valence-electron chi connectivity index (χ3n) is 6.08. The van der Waals surface area contributed by atoms with Crippen molar-refractivity contribution in [2.45, 2.75) is 70.6 Å². The highest BCUT2D eigenvalue weighted by Crippen LogP contribution is 2.43. The number of piperidine rings is 1. The average molecular weight is 409 g/mol. The van der Waals surface area contributed by atoms with Gasteiger partial charge in [-0.05, 0) is 50.2 Å². The lowest BCUT2D eigenvalue weighted by Gasteiger charge is -2.49. The number of amides is 2. The quantitative estimate of drug-likeness (QED) is 0.788. The van der Waals surface area contributed by atoms with E-state index in [0.717, 1.165) is 5.56 Å². The fourth-order valence-electron chi connectivity index (χ4n) is 4.47. The molecule has 2 N–H and O–H groups in total. The van der Waals surface area contributed by atoms with Gasteiger partial charge in [0.05, 0.1) is 11.1 Å². The van der Waals surface area contributed by atoms with E-state index < -0.39 is 6.04 Å². The van der Waals surface area contributed by atoms with Crippen molar-refractivity contribution in [1.29, 1.82) is 0 Å². The molecule has 2 amide bonds. The molecule has 2 saturated heterocycles. The Hall–Kier alpha value is -1.79. The van der Waals surface area contributed by atoms with Crippen LogP contribution in [0.3, 0.4) is 0 Å². The molecule has 1 aromatic rings. The predicted molar refractivity (Wildman–Crippen MR) is 107 cm³/mol. The van der Waals surface area contributed by atoms with E-state index in [1.54, 1.807) is 21.9 Å². The van der Waals surface area contributed by atoms with Crippen molar-refractivity contribution in [2.24, 2.45) is 0 Å². The van der Waals surface area contributed by atoms with Gasteiger partial charge >= 0.3 is 0 Å². The summed E-state index contributed by atoms with van der Waals surface area (Å²) in [4.78, 5) is 28.9. The first-order chi connectivity index (χ1) is 13.4. The van der Waals surface area contributed by atoms with Crippen LogP contribution in [-0.2, 0) is 9.59 Å². The van der Waals surface area contributed by atoms with Crippen LogP contribution in [0.1, 0.15) is 56.6 Å². The fourth-order valence-corrected chi connectivity index (χ4v) is 4.78. The molecule has 1 aromatic carbocycles. The van der Waals surface area contributed by atoms with Gasteiger partial charge in [0.1, 0.15) is 18.3 Å². The van der Waals surface area contributed by atoms with Crippen molar-refractivity contribution in [3.05, 3.63) is 28.3 Å². The number of hydrogen-bond donors (Lipinski definition) is 2. The van der Waals surface area contributed by atoms with Crippen LogP contribution in [0.25, 0.3) is 0 Å². The molecule has 0 bridgehead atoms. The zero-order valence-electron chi connectivity index (χ0n) is 16.7. The van der Waals surface area contributed by atoms with Gasteiger partial charge in [-0.2, -0.15) is 0 Å². The van der Waals surface area contributed by atoms with Crippen LogP contribution in [0.4, 0.5) is 0 Å². The average Bonchev–Trinajstić information content (AvgIpc) is 2.67. The Morgan fingerprint density at radius 1 is 1.11 bits per heavy atom. The molecule has 0 radical (unpaired) electrons. The monoisotopic (exact) mass is 408 g/mol. The number of aliphatic hydroxyl groups is 1. The van der Waals surface area contributed by atoms with Crippen molar-refractivity contribution in [2.75, 3.05) is 13.1 Å². The van der Waals surface area contributed by atoms with Gasteiger partial charge in [0, 0.05) is 18.2 Å². The van der Waals surface area contributed by atoms with Gasteiger partial charge in [0.15, 0.2) is 0 Å². The molecule has 154 valence electrons. The molecule has 1 aliphatic carbocycles. The van der Waals surface area contributed by atoms with Gasteiger partial charge in [-0.15, -0.1) is 0 Å². The number of aliphatic hydroxyl groups excluding tert-OH is 1. The minimum atomic E-state index is -0.510. The van der Waals surface area contributed by atoms with Gasteiger partial charge in [-0.25, -0.2) is 0 Å². The largest absolute Gasteiger partial charge is 0.508 e. The standard InChI is InChI=1S/C19H23ClN2O4.C2H6/c1-10-2-3-15(24)17(18(10)20)11-4-5-21-14(6-11)19(26)22(9-16(21)25)12-7-13(23)8-12;1-2/h2-3,11-14,23-24H,4-9H2,1H3;1-2H3. The number of carbonyl (C=O) groups is 2. The number of phenolic OH excluding ortho intramolecular Hbond substituents is 1. The molecule has 2 heterocycles. The maximum atomic E-state index is 13.0. The van der Waals surface area contributed by atoms with Crippen LogP contribution in [0.5, 0.6) is 5.75 Å². The summed E-state index contributed by atoms with van der Waals surface area (Å²) in [5, 5.41) is 20.4. The number of nitrogens with zero attached hydrogens (tertiary/aromatic N) is 2. The van der Waals surface area contributed by atoms with Crippen LogP contribution in [0.15, 0.2) is 12.1 Å². The molecule has 3 aliphatic rings. The summed E-state index contributed by atoms with van der Waals surface area (Å²) in [6, 6.07) is 2.86. The molecular formula is C21H29ClN2O4. The Morgan fingerprint density at radius 3 is 2.43 bits per heavy atom. The lowest BCUT2D eigenvalue weighted by molar-refractivity contribution is -0.164. The number of phenols is 1. The minimum absolute atomic E-state index is 0.0333. The molecule has 0 spiro atoms. The van der Waals surface area contributed by atoms with Gasteiger partial charge in [0.25, 0.3) is 0 Å². The molecule has 7 heteroatoms. The first-order valence-corrected chi connectivity index (χ1v) is 10.5. The molecule has 28 heavy (non-hydrogen) atoms. The molecule has 2 unspecified atom stereocenters. The maximum Gasteiger partial charge on any atom is 0.246 e. The van der Waals surface area contributed by atoms with E-state index >= 15 is 0 Å². The number of carbonyl (C=O) groups excluding carboxylic acids is 2.